The number of allylic oxidation sites excluding steroid dienone is 1. The van der Waals surface area contributed by atoms with Crippen LogP contribution in [0.1, 0.15) is 41.7 Å². The van der Waals surface area contributed by atoms with Gasteiger partial charge in [0, 0.05) is 13.6 Å². The molecule has 5 heteroatoms. The highest BCUT2D eigenvalue weighted by molar-refractivity contribution is 5.94. The van der Waals surface area contributed by atoms with Crippen molar-refractivity contribution in [3.05, 3.63) is 22.9 Å². The molecule has 2 rings (SSSR count). The van der Waals surface area contributed by atoms with Gasteiger partial charge in [-0.3, -0.25) is 4.68 Å². The molecule has 1 heterocycles. The van der Waals surface area contributed by atoms with Gasteiger partial charge in [-0.05, 0) is 32.6 Å². The number of rotatable bonds is 5. The predicted octanol–water partition coefficient (Wildman–Crippen LogP) is 2.34. The fraction of sp³-hybridized carbons (Fsp3) is 0.538. The second-order valence-corrected chi connectivity index (χ2v) is 4.67. The van der Waals surface area contributed by atoms with E-state index in [-0.39, 0.29) is 5.56 Å². The third-order valence-electron chi connectivity index (χ3n) is 3.31. The van der Waals surface area contributed by atoms with Crippen molar-refractivity contribution < 1.29 is 9.90 Å². The average Bonchev–Trinajstić information content (AvgIpc) is 2.87. The second-order valence-electron chi connectivity index (χ2n) is 4.67. The smallest absolute Gasteiger partial charge is 0.341 e. The van der Waals surface area contributed by atoms with E-state index in [9.17, 15) is 4.79 Å². The number of carboxylic acids is 1. The summed E-state index contributed by atoms with van der Waals surface area (Å²) in [6.07, 6.45) is 6.87. The maximum Gasteiger partial charge on any atom is 0.341 e. The van der Waals surface area contributed by atoms with Crippen molar-refractivity contribution in [2.75, 3.05) is 11.9 Å². The molecule has 1 aromatic rings. The van der Waals surface area contributed by atoms with Gasteiger partial charge in [0.1, 0.15) is 11.4 Å². The minimum Gasteiger partial charge on any atom is -0.477 e. The van der Waals surface area contributed by atoms with Crippen LogP contribution < -0.4 is 5.32 Å². The number of hydrogen-bond acceptors (Lipinski definition) is 3. The van der Waals surface area contributed by atoms with E-state index in [0.717, 1.165) is 13.0 Å². The Morgan fingerprint density at radius 2 is 2.39 bits per heavy atom. The molecule has 0 spiro atoms. The standard InChI is InChI=1S/C13H19N3O2/c1-9-11(13(17)18)12(16(2)15-9)14-8-7-10-5-3-4-6-10/h5,14H,3-4,6-8H2,1-2H3,(H,17,18). The topological polar surface area (TPSA) is 67.2 Å². The summed E-state index contributed by atoms with van der Waals surface area (Å²) in [5.74, 6) is -0.332. The van der Waals surface area contributed by atoms with Crippen molar-refractivity contribution in [3.8, 4) is 0 Å². The zero-order valence-corrected chi connectivity index (χ0v) is 10.9. The highest BCUT2D eigenvalue weighted by Gasteiger charge is 2.19. The lowest BCUT2D eigenvalue weighted by atomic mass is 10.1. The molecule has 5 nitrogen and oxygen atoms in total. The number of aromatic nitrogens is 2. The van der Waals surface area contributed by atoms with Gasteiger partial charge in [-0.1, -0.05) is 11.6 Å². The monoisotopic (exact) mass is 249 g/mol. The summed E-state index contributed by atoms with van der Waals surface area (Å²) in [6.45, 7) is 2.47. The Morgan fingerprint density at radius 1 is 1.61 bits per heavy atom. The summed E-state index contributed by atoms with van der Waals surface area (Å²) in [4.78, 5) is 11.2. The van der Waals surface area contributed by atoms with Crippen LogP contribution in [-0.4, -0.2) is 27.4 Å². The molecule has 2 N–H and O–H groups in total. The normalized spacial score (nSPS) is 14.7. The fourth-order valence-electron chi connectivity index (χ4n) is 2.42. The Morgan fingerprint density at radius 3 is 3.00 bits per heavy atom. The molecule has 1 aromatic heterocycles. The van der Waals surface area contributed by atoms with Crippen LogP contribution in [0.5, 0.6) is 0 Å². The molecule has 98 valence electrons. The van der Waals surface area contributed by atoms with Crippen LogP contribution in [0.2, 0.25) is 0 Å². The van der Waals surface area contributed by atoms with Crippen molar-refractivity contribution in [1.29, 1.82) is 0 Å². The van der Waals surface area contributed by atoms with Crippen molar-refractivity contribution in [1.82, 2.24) is 9.78 Å². The van der Waals surface area contributed by atoms with E-state index in [1.54, 1.807) is 18.7 Å². The van der Waals surface area contributed by atoms with Gasteiger partial charge in [-0.2, -0.15) is 5.10 Å². The SMILES string of the molecule is Cc1nn(C)c(NCCC2=CCCC2)c1C(=O)O. The highest BCUT2D eigenvalue weighted by atomic mass is 16.4. The molecule has 0 saturated carbocycles. The first-order valence-corrected chi connectivity index (χ1v) is 6.28. The molecule has 0 fully saturated rings. The Labute approximate surface area is 106 Å². The van der Waals surface area contributed by atoms with Gasteiger partial charge >= 0.3 is 5.97 Å². The molecule has 0 atom stereocenters. The van der Waals surface area contributed by atoms with Gasteiger partial charge in [-0.25, -0.2) is 4.79 Å². The minimum atomic E-state index is -0.928. The first-order valence-electron chi connectivity index (χ1n) is 6.28. The average molecular weight is 249 g/mol. The Hall–Kier alpha value is -1.78. The van der Waals surface area contributed by atoms with Crippen molar-refractivity contribution >= 4 is 11.8 Å². The van der Waals surface area contributed by atoms with E-state index in [2.05, 4.69) is 16.5 Å². The van der Waals surface area contributed by atoms with E-state index in [1.165, 1.54) is 24.8 Å². The molecule has 0 bridgehead atoms. The predicted molar refractivity (Wildman–Crippen MR) is 69.9 cm³/mol. The molecule has 1 aliphatic carbocycles. The van der Waals surface area contributed by atoms with Crippen LogP contribution >= 0.6 is 0 Å². The lowest BCUT2D eigenvalue weighted by Gasteiger charge is -2.08. The number of carboxylic acid groups (broad SMARTS) is 1. The highest BCUT2D eigenvalue weighted by Crippen LogP contribution is 2.22. The van der Waals surface area contributed by atoms with Gasteiger partial charge in [0.2, 0.25) is 0 Å². The molecule has 1 aliphatic rings. The molecule has 0 amide bonds. The maximum absolute atomic E-state index is 11.2. The third-order valence-corrected chi connectivity index (χ3v) is 3.31. The summed E-state index contributed by atoms with van der Waals surface area (Å²) in [6, 6.07) is 0. The van der Waals surface area contributed by atoms with E-state index < -0.39 is 5.97 Å². The van der Waals surface area contributed by atoms with E-state index in [0.29, 0.717) is 11.5 Å². The van der Waals surface area contributed by atoms with Crippen molar-refractivity contribution in [2.45, 2.75) is 32.6 Å². The summed E-state index contributed by atoms with van der Waals surface area (Å²) in [7, 11) is 1.76. The molecule has 0 unspecified atom stereocenters. The zero-order valence-electron chi connectivity index (χ0n) is 10.9. The number of anilines is 1. The largest absolute Gasteiger partial charge is 0.477 e. The van der Waals surface area contributed by atoms with Crippen molar-refractivity contribution in [2.24, 2.45) is 7.05 Å². The van der Waals surface area contributed by atoms with Gasteiger partial charge < -0.3 is 10.4 Å². The Kier molecular flexibility index (Phi) is 3.69. The summed E-state index contributed by atoms with van der Waals surface area (Å²) < 4.78 is 1.60. The second kappa shape index (κ2) is 5.25. The fourth-order valence-corrected chi connectivity index (χ4v) is 2.42. The molecule has 0 aromatic carbocycles. The van der Waals surface area contributed by atoms with E-state index in [4.69, 9.17) is 5.11 Å². The number of carbonyl (C=O) groups is 1. The molecule has 0 aliphatic heterocycles. The van der Waals surface area contributed by atoms with Crippen LogP contribution in [0, 0.1) is 6.92 Å². The zero-order chi connectivity index (χ0) is 13.1. The van der Waals surface area contributed by atoms with Crippen LogP contribution in [-0.2, 0) is 7.05 Å². The number of nitrogens with zero attached hydrogens (tertiary/aromatic N) is 2. The molecule has 0 radical (unpaired) electrons. The Bertz CT molecular complexity index is 489. The number of aromatic carboxylic acids is 1. The van der Waals surface area contributed by atoms with Gasteiger partial charge in [0.15, 0.2) is 0 Å². The van der Waals surface area contributed by atoms with Crippen LogP contribution in [0.4, 0.5) is 5.82 Å². The molecular formula is C13H19N3O2. The summed E-state index contributed by atoms with van der Waals surface area (Å²) in [5.41, 5.74) is 2.30. The number of aryl methyl sites for hydroxylation is 2. The number of hydrogen-bond donors (Lipinski definition) is 2. The molecule has 0 saturated heterocycles. The van der Waals surface area contributed by atoms with Gasteiger partial charge in [-0.15, -0.1) is 0 Å². The molecular weight excluding hydrogens is 230 g/mol. The lowest BCUT2D eigenvalue weighted by molar-refractivity contribution is 0.0697. The first kappa shape index (κ1) is 12.7. The number of nitrogens with one attached hydrogen (secondary N) is 1. The van der Waals surface area contributed by atoms with Gasteiger partial charge in [0.05, 0.1) is 5.69 Å². The van der Waals surface area contributed by atoms with E-state index >= 15 is 0 Å². The first-order chi connectivity index (χ1) is 8.59. The van der Waals surface area contributed by atoms with Crippen LogP contribution in [0.25, 0.3) is 0 Å². The van der Waals surface area contributed by atoms with Crippen molar-refractivity contribution in [3.63, 3.8) is 0 Å². The third kappa shape index (κ3) is 2.55. The summed E-state index contributed by atoms with van der Waals surface area (Å²) >= 11 is 0. The van der Waals surface area contributed by atoms with E-state index in [1.807, 2.05) is 0 Å². The van der Waals surface area contributed by atoms with Crippen LogP contribution in [0.3, 0.4) is 0 Å². The lowest BCUT2D eigenvalue weighted by Crippen LogP contribution is -2.10. The maximum atomic E-state index is 11.2. The van der Waals surface area contributed by atoms with Crippen LogP contribution in [0.15, 0.2) is 11.6 Å². The van der Waals surface area contributed by atoms with Gasteiger partial charge in [0.25, 0.3) is 0 Å². The minimum absolute atomic E-state index is 0.276. The molecule has 18 heavy (non-hydrogen) atoms. The quantitative estimate of drug-likeness (QED) is 0.786. The Balaban J connectivity index is 2.02. The summed E-state index contributed by atoms with van der Waals surface area (Å²) in [5, 5.41) is 16.5.